The van der Waals surface area contributed by atoms with Gasteiger partial charge in [0.2, 0.25) is 0 Å². The van der Waals surface area contributed by atoms with Gasteiger partial charge >= 0.3 is 0 Å². The predicted molar refractivity (Wildman–Crippen MR) is 161 cm³/mol. The highest BCUT2D eigenvalue weighted by molar-refractivity contribution is 5.98. The lowest BCUT2D eigenvalue weighted by Crippen LogP contribution is -2.39. The van der Waals surface area contributed by atoms with Crippen LogP contribution in [0.1, 0.15) is 61.8 Å². The number of amides is 1. The van der Waals surface area contributed by atoms with E-state index in [-0.39, 0.29) is 11.5 Å². The quantitative estimate of drug-likeness (QED) is 0.176. The van der Waals surface area contributed by atoms with Gasteiger partial charge in [-0.25, -0.2) is 4.98 Å². The second kappa shape index (κ2) is 12.2. The smallest absolute Gasteiger partial charge is 0.266 e. The van der Waals surface area contributed by atoms with Gasteiger partial charge in [0.15, 0.2) is 0 Å². The maximum Gasteiger partial charge on any atom is 0.266 e. The van der Waals surface area contributed by atoms with Gasteiger partial charge in [-0.1, -0.05) is 81.3 Å². The van der Waals surface area contributed by atoms with Crippen molar-refractivity contribution in [2.24, 2.45) is 0 Å². The normalized spacial score (nSPS) is 12.0. The number of hydrogen-bond donors (Lipinski definition) is 0. The van der Waals surface area contributed by atoms with E-state index in [0.29, 0.717) is 46.7 Å². The van der Waals surface area contributed by atoms with Crippen LogP contribution in [0.3, 0.4) is 0 Å². The Morgan fingerprint density at radius 3 is 2.40 bits per heavy atom. The van der Waals surface area contributed by atoms with Gasteiger partial charge in [-0.05, 0) is 60.0 Å². The number of para-hydroxylation sites is 3. The van der Waals surface area contributed by atoms with Crippen LogP contribution < -0.4 is 10.3 Å². The zero-order valence-corrected chi connectivity index (χ0v) is 23.3. The second-order valence-corrected chi connectivity index (χ2v) is 9.99. The van der Waals surface area contributed by atoms with Crippen molar-refractivity contribution in [1.29, 1.82) is 0 Å². The van der Waals surface area contributed by atoms with Crippen LogP contribution in [0.2, 0.25) is 0 Å². The Morgan fingerprint density at radius 1 is 0.900 bits per heavy atom. The Hall–Kier alpha value is -4.45. The molecule has 5 aromatic rings. The lowest BCUT2D eigenvalue weighted by atomic mass is 10.0. The Balaban J connectivity index is 1.71. The van der Waals surface area contributed by atoms with Crippen molar-refractivity contribution in [2.75, 3.05) is 13.7 Å². The van der Waals surface area contributed by atoms with E-state index in [1.807, 2.05) is 96.8 Å². The molecule has 0 bridgehead atoms. The molecule has 0 aliphatic heterocycles. The van der Waals surface area contributed by atoms with Gasteiger partial charge in [-0.2, -0.15) is 0 Å². The molecule has 1 heterocycles. The monoisotopic (exact) mass is 533 g/mol. The van der Waals surface area contributed by atoms with Gasteiger partial charge in [0.25, 0.3) is 11.5 Å². The van der Waals surface area contributed by atoms with Crippen LogP contribution in [0, 0.1) is 0 Å². The Labute approximate surface area is 234 Å². The summed E-state index contributed by atoms with van der Waals surface area (Å²) in [5.41, 5.74) is 1.66. The van der Waals surface area contributed by atoms with Crippen LogP contribution in [0.4, 0.5) is 0 Å². The average Bonchev–Trinajstić information content (AvgIpc) is 3.00. The molecule has 4 aromatic carbocycles. The maximum absolute atomic E-state index is 14.3. The molecule has 1 aromatic heterocycles. The van der Waals surface area contributed by atoms with Gasteiger partial charge in [0.05, 0.1) is 29.7 Å². The molecule has 0 aliphatic rings. The molecule has 0 fully saturated rings. The molecule has 0 saturated heterocycles. The molecule has 6 heteroatoms. The minimum absolute atomic E-state index is 0.0670. The van der Waals surface area contributed by atoms with E-state index in [9.17, 15) is 9.59 Å². The number of unbranched alkanes of at least 4 members (excludes halogenated alkanes) is 2. The largest absolute Gasteiger partial charge is 0.495 e. The molecule has 0 aliphatic carbocycles. The summed E-state index contributed by atoms with van der Waals surface area (Å²) >= 11 is 0. The zero-order chi connectivity index (χ0) is 28.1. The number of benzene rings is 4. The molecule has 1 amide bonds. The number of aromatic nitrogens is 2. The molecule has 0 radical (unpaired) electrons. The summed E-state index contributed by atoms with van der Waals surface area (Å²) in [5, 5.41) is 2.62. The first-order valence-corrected chi connectivity index (χ1v) is 14.0. The van der Waals surface area contributed by atoms with E-state index in [1.54, 1.807) is 17.7 Å². The zero-order valence-electron chi connectivity index (χ0n) is 23.3. The Morgan fingerprint density at radius 2 is 1.62 bits per heavy atom. The summed E-state index contributed by atoms with van der Waals surface area (Å²) in [6.07, 6.45) is 3.49. The van der Waals surface area contributed by atoms with Crippen molar-refractivity contribution in [3.63, 3.8) is 0 Å². The van der Waals surface area contributed by atoms with Gasteiger partial charge < -0.3 is 9.64 Å². The minimum atomic E-state index is -0.432. The maximum atomic E-state index is 14.3. The molecule has 40 heavy (non-hydrogen) atoms. The first kappa shape index (κ1) is 27.1. The molecule has 0 spiro atoms. The molecule has 0 saturated carbocycles. The predicted octanol–water partition coefficient (Wildman–Crippen LogP) is 7.33. The van der Waals surface area contributed by atoms with Crippen molar-refractivity contribution in [1.82, 2.24) is 14.5 Å². The molecule has 5 rings (SSSR count). The molecular formula is C34H35N3O3. The van der Waals surface area contributed by atoms with Crippen LogP contribution >= 0.6 is 0 Å². The highest BCUT2D eigenvalue weighted by Gasteiger charge is 2.30. The van der Waals surface area contributed by atoms with Crippen LogP contribution in [0.25, 0.3) is 27.4 Å². The molecule has 6 nitrogen and oxygen atoms in total. The number of fused-ring (bicyclic) bond motifs is 2. The number of nitrogens with zero attached hydrogens (tertiary/aromatic N) is 3. The van der Waals surface area contributed by atoms with Crippen molar-refractivity contribution >= 4 is 27.6 Å². The first-order valence-electron chi connectivity index (χ1n) is 14.0. The fraction of sp³-hybridized carbons (Fsp3) is 0.265. The van der Waals surface area contributed by atoms with Crippen LogP contribution in [0.15, 0.2) is 95.8 Å². The van der Waals surface area contributed by atoms with Gasteiger partial charge in [0.1, 0.15) is 11.6 Å². The van der Waals surface area contributed by atoms with E-state index in [2.05, 4.69) is 6.92 Å². The number of hydrogen-bond acceptors (Lipinski definition) is 4. The summed E-state index contributed by atoms with van der Waals surface area (Å²) < 4.78 is 7.30. The Bertz CT molecular complexity index is 1710. The van der Waals surface area contributed by atoms with Crippen molar-refractivity contribution < 1.29 is 9.53 Å². The van der Waals surface area contributed by atoms with Crippen LogP contribution in [-0.2, 0) is 0 Å². The fourth-order valence-corrected chi connectivity index (χ4v) is 5.38. The lowest BCUT2D eigenvalue weighted by molar-refractivity contribution is 0.0655. The SMILES string of the molecule is CCCCCN(C(=O)c1ccc2ccccc2c1)C(CC)c1nc2ccccc2c(=O)n1-c1ccccc1OC. The van der Waals surface area contributed by atoms with Gasteiger partial charge in [-0.15, -0.1) is 0 Å². The van der Waals surface area contributed by atoms with E-state index < -0.39 is 6.04 Å². The summed E-state index contributed by atoms with van der Waals surface area (Å²) in [5.74, 6) is 1.03. The van der Waals surface area contributed by atoms with E-state index >= 15 is 0 Å². The van der Waals surface area contributed by atoms with Crippen molar-refractivity contribution in [3.05, 3.63) is 113 Å². The standard InChI is InChI=1S/C34H35N3O3/c1-4-6-13-22-36(33(38)26-21-20-24-14-7-8-15-25(24)23-26)29(5-2)32-35-28-17-10-9-16-27(28)34(39)37(32)30-18-11-12-19-31(30)40-3/h7-12,14-21,23,29H,4-6,13,22H2,1-3H3. The summed E-state index contributed by atoms with van der Waals surface area (Å²) in [4.78, 5) is 35.3. The number of rotatable bonds is 10. The topological polar surface area (TPSA) is 64.4 Å². The molecule has 204 valence electrons. The third-order valence-corrected chi connectivity index (χ3v) is 7.45. The summed E-state index contributed by atoms with van der Waals surface area (Å²) in [6, 6.07) is 28.3. The summed E-state index contributed by atoms with van der Waals surface area (Å²) in [7, 11) is 1.59. The Kier molecular flexibility index (Phi) is 8.25. The number of methoxy groups -OCH3 is 1. The van der Waals surface area contributed by atoms with Crippen molar-refractivity contribution in [2.45, 2.75) is 45.6 Å². The number of carbonyl (C=O) groups excluding carboxylic acids is 1. The fourth-order valence-electron chi connectivity index (χ4n) is 5.38. The van der Waals surface area contributed by atoms with Crippen LogP contribution in [-0.4, -0.2) is 34.0 Å². The van der Waals surface area contributed by atoms with Gasteiger partial charge in [-0.3, -0.25) is 14.2 Å². The number of ether oxygens (including phenoxy) is 1. The van der Waals surface area contributed by atoms with Crippen molar-refractivity contribution in [3.8, 4) is 11.4 Å². The minimum Gasteiger partial charge on any atom is -0.495 e. The highest BCUT2D eigenvalue weighted by atomic mass is 16.5. The lowest BCUT2D eigenvalue weighted by Gasteiger charge is -2.33. The van der Waals surface area contributed by atoms with E-state index in [4.69, 9.17) is 9.72 Å². The molecule has 1 atom stereocenters. The molecule has 0 N–H and O–H groups in total. The third kappa shape index (κ3) is 5.22. The molecular weight excluding hydrogens is 498 g/mol. The van der Waals surface area contributed by atoms with E-state index in [1.165, 1.54) is 0 Å². The highest BCUT2D eigenvalue weighted by Crippen LogP contribution is 2.31. The summed E-state index contributed by atoms with van der Waals surface area (Å²) in [6.45, 7) is 4.75. The first-order chi connectivity index (χ1) is 19.6. The number of carbonyl (C=O) groups is 1. The van der Waals surface area contributed by atoms with Crippen LogP contribution in [0.5, 0.6) is 5.75 Å². The third-order valence-electron chi connectivity index (χ3n) is 7.45. The second-order valence-electron chi connectivity index (χ2n) is 9.99. The molecule has 1 unspecified atom stereocenters. The van der Waals surface area contributed by atoms with E-state index in [0.717, 1.165) is 30.0 Å². The van der Waals surface area contributed by atoms with Gasteiger partial charge in [0, 0.05) is 12.1 Å². The average molecular weight is 534 g/mol.